The fourth-order valence-corrected chi connectivity index (χ4v) is 5.19. The highest BCUT2D eigenvalue weighted by Gasteiger charge is 2.47. The first-order chi connectivity index (χ1) is 18.1. The molecule has 0 unspecified atom stereocenters. The summed E-state index contributed by atoms with van der Waals surface area (Å²) in [5.74, 6) is 0.355. The number of aromatic nitrogens is 1. The van der Waals surface area contributed by atoms with Gasteiger partial charge < -0.3 is 24.3 Å². The standard InChI is InChI=1S/C28H28F3N3O4/c1-37-23-4-2-3-20(14-23)24-15-21(16-32-24)26(36)33-11-9-27(10-12-33)17-34(18-27)25(35)13-19-5-7-22(8-6-19)38-28(29,30)31/h2-8,14-16,32H,9-13,17-18H2,1H3. The summed E-state index contributed by atoms with van der Waals surface area (Å²) in [6, 6.07) is 14.9. The number of aromatic amines is 1. The van der Waals surface area contributed by atoms with Crippen LogP contribution in [0.1, 0.15) is 28.8 Å². The fourth-order valence-electron chi connectivity index (χ4n) is 5.19. The number of piperidine rings is 1. The second-order valence-electron chi connectivity index (χ2n) is 9.94. The van der Waals surface area contributed by atoms with Gasteiger partial charge in [-0.3, -0.25) is 9.59 Å². The summed E-state index contributed by atoms with van der Waals surface area (Å²) >= 11 is 0. The maximum Gasteiger partial charge on any atom is 0.573 e. The van der Waals surface area contributed by atoms with E-state index in [2.05, 4.69) is 9.72 Å². The molecule has 0 bridgehead atoms. The molecule has 3 aromatic rings. The van der Waals surface area contributed by atoms with Crippen LogP contribution in [0.4, 0.5) is 13.2 Å². The SMILES string of the molecule is COc1cccc(-c2cc(C(=O)N3CCC4(CC3)CN(C(=O)Cc3ccc(OC(F)(F)F)cc3)C4)c[nH]2)c1. The van der Waals surface area contributed by atoms with Gasteiger partial charge in [0.1, 0.15) is 11.5 Å². The molecule has 200 valence electrons. The van der Waals surface area contributed by atoms with Gasteiger partial charge in [0, 0.05) is 49.0 Å². The average molecular weight is 528 g/mol. The van der Waals surface area contributed by atoms with E-state index < -0.39 is 6.36 Å². The normalized spacial score (nSPS) is 16.7. The number of methoxy groups -OCH3 is 1. The van der Waals surface area contributed by atoms with Crippen molar-refractivity contribution in [1.82, 2.24) is 14.8 Å². The van der Waals surface area contributed by atoms with E-state index in [1.807, 2.05) is 35.2 Å². The van der Waals surface area contributed by atoms with Crippen LogP contribution in [0.3, 0.4) is 0 Å². The molecule has 38 heavy (non-hydrogen) atoms. The number of nitrogens with zero attached hydrogens (tertiary/aromatic N) is 2. The summed E-state index contributed by atoms with van der Waals surface area (Å²) in [4.78, 5) is 32.6. The minimum absolute atomic E-state index is 0.0146. The average Bonchev–Trinajstić information content (AvgIpc) is 3.38. The highest BCUT2D eigenvalue weighted by Crippen LogP contribution is 2.41. The third kappa shape index (κ3) is 5.64. The van der Waals surface area contributed by atoms with E-state index >= 15 is 0 Å². The smallest absolute Gasteiger partial charge is 0.497 e. The number of carbonyl (C=O) groups is 2. The summed E-state index contributed by atoms with van der Waals surface area (Å²) < 4.78 is 46.1. The molecule has 7 nitrogen and oxygen atoms in total. The number of ether oxygens (including phenoxy) is 2. The Balaban J connectivity index is 1.10. The molecule has 2 aliphatic rings. The van der Waals surface area contributed by atoms with Gasteiger partial charge in [-0.05, 0) is 48.7 Å². The maximum absolute atomic E-state index is 13.1. The van der Waals surface area contributed by atoms with Crippen molar-refractivity contribution in [2.24, 2.45) is 5.41 Å². The van der Waals surface area contributed by atoms with E-state index in [1.54, 1.807) is 18.2 Å². The summed E-state index contributed by atoms with van der Waals surface area (Å²) in [6.45, 7) is 2.52. The van der Waals surface area contributed by atoms with Gasteiger partial charge >= 0.3 is 6.36 Å². The minimum atomic E-state index is -4.75. The molecule has 1 spiro atoms. The van der Waals surface area contributed by atoms with Crippen LogP contribution >= 0.6 is 0 Å². The Bertz CT molecular complexity index is 1300. The Morgan fingerprint density at radius 1 is 0.974 bits per heavy atom. The first-order valence-corrected chi connectivity index (χ1v) is 12.4. The third-order valence-electron chi connectivity index (χ3n) is 7.34. The lowest BCUT2D eigenvalue weighted by Gasteiger charge is -2.54. The number of nitrogens with one attached hydrogen (secondary N) is 1. The highest BCUT2D eigenvalue weighted by atomic mass is 19.4. The van der Waals surface area contributed by atoms with E-state index in [9.17, 15) is 22.8 Å². The lowest BCUT2D eigenvalue weighted by Crippen LogP contribution is -2.62. The number of likely N-dealkylation sites (tertiary alicyclic amines) is 2. The molecule has 0 atom stereocenters. The lowest BCUT2D eigenvalue weighted by molar-refractivity contribution is -0.274. The first kappa shape index (κ1) is 25.7. The molecule has 0 aliphatic carbocycles. The van der Waals surface area contributed by atoms with E-state index in [1.165, 1.54) is 24.3 Å². The molecule has 2 aromatic carbocycles. The van der Waals surface area contributed by atoms with Gasteiger partial charge in [0.15, 0.2) is 0 Å². The van der Waals surface area contributed by atoms with Crippen molar-refractivity contribution in [1.29, 1.82) is 0 Å². The first-order valence-electron chi connectivity index (χ1n) is 12.4. The number of H-pyrrole nitrogens is 1. The predicted octanol–water partition coefficient (Wildman–Crippen LogP) is 4.90. The van der Waals surface area contributed by atoms with Crippen molar-refractivity contribution in [3.05, 3.63) is 71.9 Å². The second-order valence-corrected chi connectivity index (χ2v) is 9.94. The minimum Gasteiger partial charge on any atom is -0.497 e. The molecule has 2 aliphatic heterocycles. The van der Waals surface area contributed by atoms with Crippen LogP contribution in [-0.4, -0.2) is 66.2 Å². The van der Waals surface area contributed by atoms with Crippen molar-refractivity contribution in [2.75, 3.05) is 33.3 Å². The fraction of sp³-hybridized carbons (Fsp3) is 0.357. The van der Waals surface area contributed by atoms with Crippen molar-refractivity contribution in [3.8, 4) is 22.8 Å². The zero-order valence-corrected chi connectivity index (χ0v) is 20.9. The molecule has 0 saturated carbocycles. The number of alkyl halides is 3. The molecule has 2 amide bonds. The highest BCUT2D eigenvalue weighted by molar-refractivity contribution is 5.95. The van der Waals surface area contributed by atoms with E-state index in [0.717, 1.165) is 29.8 Å². The zero-order valence-electron chi connectivity index (χ0n) is 20.9. The van der Waals surface area contributed by atoms with Gasteiger partial charge in [-0.1, -0.05) is 24.3 Å². The number of rotatable bonds is 6. The van der Waals surface area contributed by atoms with Crippen LogP contribution in [0.5, 0.6) is 11.5 Å². The Labute approximate surface area is 218 Å². The molecule has 1 N–H and O–H groups in total. The van der Waals surface area contributed by atoms with Crippen LogP contribution in [0.15, 0.2) is 60.8 Å². The summed E-state index contributed by atoms with van der Waals surface area (Å²) in [5, 5.41) is 0. The number of benzene rings is 2. The molecule has 3 heterocycles. The molecular weight excluding hydrogens is 499 g/mol. The zero-order chi connectivity index (χ0) is 26.9. The Hall–Kier alpha value is -3.95. The molecule has 1 aromatic heterocycles. The topological polar surface area (TPSA) is 74.9 Å². The largest absolute Gasteiger partial charge is 0.573 e. The second kappa shape index (κ2) is 10.1. The van der Waals surface area contributed by atoms with Gasteiger partial charge in [-0.25, -0.2) is 0 Å². The van der Waals surface area contributed by atoms with Crippen LogP contribution in [-0.2, 0) is 11.2 Å². The number of carbonyl (C=O) groups excluding carboxylic acids is 2. The van der Waals surface area contributed by atoms with E-state index in [-0.39, 0.29) is 29.4 Å². The maximum atomic E-state index is 13.1. The van der Waals surface area contributed by atoms with Gasteiger partial charge in [0.25, 0.3) is 5.91 Å². The predicted molar refractivity (Wildman–Crippen MR) is 134 cm³/mol. The van der Waals surface area contributed by atoms with Gasteiger partial charge in [-0.2, -0.15) is 0 Å². The van der Waals surface area contributed by atoms with Gasteiger partial charge in [-0.15, -0.1) is 13.2 Å². The van der Waals surface area contributed by atoms with Crippen molar-refractivity contribution in [3.63, 3.8) is 0 Å². The summed E-state index contributed by atoms with van der Waals surface area (Å²) in [5.41, 5.74) is 3.03. The van der Waals surface area contributed by atoms with Crippen molar-refractivity contribution >= 4 is 11.8 Å². The van der Waals surface area contributed by atoms with E-state index in [4.69, 9.17) is 4.74 Å². The van der Waals surface area contributed by atoms with Crippen LogP contribution in [0.25, 0.3) is 11.3 Å². The number of halogens is 3. The third-order valence-corrected chi connectivity index (χ3v) is 7.34. The van der Waals surface area contributed by atoms with Crippen molar-refractivity contribution < 1.29 is 32.2 Å². The number of amides is 2. The molecule has 2 saturated heterocycles. The van der Waals surface area contributed by atoms with Crippen LogP contribution in [0.2, 0.25) is 0 Å². The Morgan fingerprint density at radius 2 is 1.68 bits per heavy atom. The quantitative estimate of drug-likeness (QED) is 0.495. The summed E-state index contributed by atoms with van der Waals surface area (Å²) in [6.07, 6.45) is -1.26. The van der Waals surface area contributed by atoms with Gasteiger partial charge in [0.2, 0.25) is 5.91 Å². The lowest BCUT2D eigenvalue weighted by atomic mass is 9.71. The molecule has 2 fully saturated rings. The molecule has 5 rings (SSSR count). The van der Waals surface area contributed by atoms with E-state index in [0.29, 0.717) is 37.3 Å². The number of hydrogen-bond acceptors (Lipinski definition) is 4. The summed E-state index contributed by atoms with van der Waals surface area (Å²) in [7, 11) is 1.61. The number of hydrogen-bond donors (Lipinski definition) is 1. The molecule has 10 heteroatoms. The molecule has 0 radical (unpaired) electrons. The van der Waals surface area contributed by atoms with Crippen molar-refractivity contribution in [2.45, 2.75) is 25.6 Å². The Kier molecular flexibility index (Phi) is 6.81. The monoisotopic (exact) mass is 527 g/mol. The van der Waals surface area contributed by atoms with Crippen LogP contribution < -0.4 is 9.47 Å². The van der Waals surface area contributed by atoms with Crippen LogP contribution in [0, 0.1) is 5.41 Å². The Morgan fingerprint density at radius 3 is 2.34 bits per heavy atom. The van der Waals surface area contributed by atoms with Gasteiger partial charge in [0.05, 0.1) is 19.1 Å². The molecular formula is C28H28F3N3O4.